The molecule has 11 nitrogen and oxygen atoms in total. The standard InChI is InChI=1S/C40H39Cl2N7O4/c1-26-22-33(49-20-6-3-7-21-49)29-12-8-13-34(39(29)47-26)53-25-30-31(41)15-16-32(37(30)42)48(2)36(51)24-45-35(50)17-14-27-10-9-19-44-38(27)40(52)46-23-28-11-4-5-18-43-28/h4-5,8-19,22H,3,6-7,20-21,23-25H2,1-2H3,(H,45,50)(H,46,52). The summed E-state index contributed by atoms with van der Waals surface area (Å²) in [6.07, 6.45) is 9.41. The smallest absolute Gasteiger partial charge is 0.270 e. The number of pyridine rings is 3. The number of amides is 3. The van der Waals surface area contributed by atoms with Gasteiger partial charge in [-0.1, -0.05) is 47.5 Å². The van der Waals surface area contributed by atoms with Crippen molar-refractivity contribution in [3.8, 4) is 5.75 Å². The van der Waals surface area contributed by atoms with E-state index >= 15 is 0 Å². The number of rotatable bonds is 12. The quantitative estimate of drug-likeness (QED) is 0.131. The molecule has 2 aromatic carbocycles. The molecule has 5 aromatic rings. The number of carbonyl (C=O) groups excluding carboxylic acids is 3. The number of para-hydroxylation sites is 1. The molecule has 6 rings (SSSR count). The van der Waals surface area contributed by atoms with E-state index < -0.39 is 17.7 Å². The Kier molecular flexibility index (Phi) is 12.2. The number of benzene rings is 2. The van der Waals surface area contributed by atoms with Crippen LogP contribution in [0.3, 0.4) is 0 Å². The summed E-state index contributed by atoms with van der Waals surface area (Å²) >= 11 is 13.4. The molecule has 0 atom stereocenters. The van der Waals surface area contributed by atoms with E-state index in [4.69, 9.17) is 32.9 Å². The van der Waals surface area contributed by atoms with Gasteiger partial charge in [-0.2, -0.15) is 0 Å². The van der Waals surface area contributed by atoms with Gasteiger partial charge in [-0.05, 0) is 74.7 Å². The van der Waals surface area contributed by atoms with Crippen LogP contribution in [0.25, 0.3) is 17.0 Å². The second kappa shape index (κ2) is 17.3. The fraction of sp³-hybridized carbons (Fsp3) is 0.250. The Morgan fingerprint density at radius 1 is 0.943 bits per heavy atom. The van der Waals surface area contributed by atoms with Gasteiger partial charge >= 0.3 is 0 Å². The Bertz CT molecular complexity index is 2160. The molecule has 2 N–H and O–H groups in total. The Labute approximate surface area is 318 Å². The molecule has 4 heterocycles. The van der Waals surface area contributed by atoms with Gasteiger partial charge in [-0.3, -0.25) is 24.4 Å². The van der Waals surface area contributed by atoms with Gasteiger partial charge < -0.3 is 25.2 Å². The number of nitrogens with zero attached hydrogens (tertiary/aromatic N) is 5. The fourth-order valence-electron chi connectivity index (χ4n) is 6.11. The Hall–Kier alpha value is -5.52. The first-order chi connectivity index (χ1) is 25.7. The highest BCUT2D eigenvalue weighted by atomic mass is 35.5. The topological polar surface area (TPSA) is 130 Å². The number of piperidine rings is 1. The number of anilines is 2. The van der Waals surface area contributed by atoms with Gasteiger partial charge in [-0.25, -0.2) is 4.98 Å². The van der Waals surface area contributed by atoms with Crippen molar-refractivity contribution in [1.82, 2.24) is 25.6 Å². The van der Waals surface area contributed by atoms with Crippen molar-refractivity contribution in [2.45, 2.75) is 39.3 Å². The number of ether oxygens (including phenoxy) is 1. The van der Waals surface area contributed by atoms with Crippen LogP contribution in [0.15, 0.2) is 85.2 Å². The highest BCUT2D eigenvalue weighted by Crippen LogP contribution is 2.37. The van der Waals surface area contributed by atoms with Gasteiger partial charge in [0.1, 0.15) is 23.6 Å². The van der Waals surface area contributed by atoms with Gasteiger partial charge in [0.25, 0.3) is 5.91 Å². The van der Waals surface area contributed by atoms with E-state index in [0.717, 1.165) is 48.2 Å². The summed E-state index contributed by atoms with van der Waals surface area (Å²) in [6, 6.07) is 20.1. The molecule has 3 aromatic heterocycles. The van der Waals surface area contributed by atoms with E-state index in [2.05, 4.69) is 37.6 Å². The minimum absolute atomic E-state index is 0.0420. The van der Waals surface area contributed by atoms with Crippen molar-refractivity contribution in [3.05, 3.63) is 123 Å². The van der Waals surface area contributed by atoms with E-state index in [1.165, 1.54) is 29.7 Å². The number of likely N-dealkylation sites (N-methyl/N-ethyl adjacent to an activating group) is 1. The highest BCUT2D eigenvalue weighted by molar-refractivity contribution is 6.38. The van der Waals surface area contributed by atoms with Gasteiger partial charge in [0.2, 0.25) is 11.8 Å². The maximum absolute atomic E-state index is 13.2. The molecular formula is C40H39Cl2N7O4. The van der Waals surface area contributed by atoms with Crippen LogP contribution in [-0.4, -0.2) is 59.4 Å². The van der Waals surface area contributed by atoms with Crippen LogP contribution in [0, 0.1) is 6.92 Å². The Morgan fingerprint density at radius 2 is 1.75 bits per heavy atom. The molecule has 1 aliphatic heterocycles. The summed E-state index contributed by atoms with van der Waals surface area (Å²) in [4.78, 5) is 55.7. The molecule has 0 radical (unpaired) electrons. The monoisotopic (exact) mass is 751 g/mol. The first kappa shape index (κ1) is 37.2. The summed E-state index contributed by atoms with van der Waals surface area (Å²) in [5, 5.41) is 7.03. The molecule has 0 spiro atoms. The van der Waals surface area contributed by atoms with Crippen LogP contribution >= 0.6 is 23.2 Å². The maximum Gasteiger partial charge on any atom is 0.270 e. The van der Waals surface area contributed by atoms with Crippen LogP contribution in [0.2, 0.25) is 10.0 Å². The number of nitrogens with one attached hydrogen (secondary N) is 2. The normalized spacial score (nSPS) is 12.9. The third-order valence-electron chi connectivity index (χ3n) is 8.92. The minimum atomic E-state index is -0.533. The largest absolute Gasteiger partial charge is 0.487 e. The van der Waals surface area contributed by atoms with Gasteiger partial charge in [0.15, 0.2) is 0 Å². The molecule has 0 bridgehead atoms. The molecule has 272 valence electrons. The fourth-order valence-corrected chi connectivity index (χ4v) is 6.71. The minimum Gasteiger partial charge on any atom is -0.487 e. The lowest BCUT2D eigenvalue weighted by Crippen LogP contribution is -2.37. The summed E-state index contributed by atoms with van der Waals surface area (Å²) in [5.74, 6) is -0.763. The van der Waals surface area contributed by atoms with Crippen LogP contribution in [0.1, 0.15) is 52.3 Å². The zero-order valence-electron chi connectivity index (χ0n) is 29.4. The predicted molar refractivity (Wildman–Crippen MR) is 208 cm³/mol. The van der Waals surface area contributed by atoms with Gasteiger partial charge in [0, 0.05) is 71.5 Å². The number of aryl methyl sites for hydroxylation is 1. The van der Waals surface area contributed by atoms with Crippen molar-refractivity contribution >= 4 is 69.3 Å². The molecule has 1 aliphatic rings. The number of aromatic nitrogens is 3. The lowest BCUT2D eigenvalue weighted by atomic mass is 10.1. The third kappa shape index (κ3) is 9.11. The first-order valence-corrected chi connectivity index (χ1v) is 18.1. The van der Waals surface area contributed by atoms with Crippen LogP contribution < -0.4 is 25.2 Å². The van der Waals surface area contributed by atoms with E-state index in [9.17, 15) is 14.4 Å². The molecule has 13 heteroatoms. The van der Waals surface area contributed by atoms with E-state index in [1.807, 2.05) is 25.1 Å². The second-order valence-electron chi connectivity index (χ2n) is 12.6. The van der Waals surface area contributed by atoms with Crippen LogP contribution in [-0.2, 0) is 22.7 Å². The van der Waals surface area contributed by atoms with Crippen LogP contribution in [0.4, 0.5) is 11.4 Å². The predicted octanol–water partition coefficient (Wildman–Crippen LogP) is 6.93. The number of hydrogen-bond acceptors (Lipinski definition) is 8. The number of fused-ring (bicyclic) bond motifs is 1. The van der Waals surface area contributed by atoms with E-state index in [-0.39, 0.29) is 30.4 Å². The molecule has 1 fully saturated rings. The van der Waals surface area contributed by atoms with Crippen molar-refractivity contribution in [3.63, 3.8) is 0 Å². The Balaban J connectivity index is 1.08. The van der Waals surface area contributed by atoms with Crippen molar-refractivity contribution < 1.29 is 19.1 Å². The van der Waals surface area contributed by atoms with Crippen molar-refractivity contribution in [1.29, 1.82) is 0 Å². The van der Waals surface area contributed by atoms with Crippen LogP contribution in [0.5, 0.6) is 5.75 Å². The zero-order chi connectivity index (χ0) is 37.3. The number of hydrogen-bond donors (Lipinski definition) is 2. The molecule has 0 unspecified atom stereocenters. The molecule has 1 saturated heterocycles. The lowest BCUT2D eigenvalue weighted by molar-refractivity contribution is -0.122. The van der Waals surface area contributed by atoms with Gasteiger partial charge in [-0.15, -0.1) is 0 Å². The summed E-state index contributed by atoms with van der Waals surface area (Å²) in [7, 11) is 1.56. The maximum atomic E-state index is 13.2. The summed E-state index contributed by atoms with van der Waals surface area (Å²) < 4.78 is 6.31. The Morgan fingerprint density at radius 3 is 2.55 bits per heavy atom. The molecule has 53 heavy (non-hydrogen) atoms. The summed E-state index contributed by atoms with van der Waals surface area (Å²) in [6.45, 7) is 3.96. The number of carbonyl (C=O) groups is 3. The van der Waals surface area contributed by atoms with Crippen molar-refractivity contribution in [2.24, 2.45) is 0 Å². The summed E-state index contributed by atoms with van der Waals surface area (Å²) in [5.41, 5.74) is 5.00. The average Bonchev–Trinajstić information content (AvgIpc) is 3.18. The van der Waals surface area contributed by atoms with Gasteiger partial charge in [0.05, 0.1) is 29.5 Å². The highest BCUT2D eigenvalue weighted by Gasteiger charge is 2.21. The zero-order valence-corrected chi connectivity index (χ0v) is 31.0. The molecular weight excluding hydrogens is 713 g/mol. The molecule has 3 amide bonds. The third-order valence-corrected chi connectivity index (χ3v) is 9.69. The van der Waals surface area contributed by atoms with Crippen molar-refractivity contribution in [2.75, 3.05) is 36.5 Å². The second-order valence-corrected chi connectivity index (χ2v) is 13.4. The average molecular weight is 753 g/mol. The first-order valence-electron chi connectivity index (χ1n) is 17.3. The number of halogens is 2. The van der Waals surface area contributed by atoms with E-state index in [1.54, 1.807) is 49.6 Å². The lowest BCUT2D eigenvalue weighted by Gasteiger charge is -2.30. The SMILES string of the molecule is Cc1cc(N2CCCCC2)c2cccc(OCc3c(Cl)ccc(N(C)C(=O)CNC(=O)C=Cc4cccnc4C(=O)NCc4ccccn4)c3Cl)c2n1. The molecule has 0 aliphatic carbocycles. The molecule has 0 saturated carbocycles. The van der Waals surface area contributed by atoms with E-state index in [0.29, 0.717) is 33.3 Å².